The molecular formula is C11H22N2. The Morgan fingerprint density at radius 2 is 2.00 bits per heavy atom. The van der Waals surface area contributed by atoms with Gasteiger partial charge in [-0.25, -0.2) is 0 Å². The Bertz CT molecular complexity index is 181. The second-order valence-corrected chi connectivity index (χ2v) is 4.93. The summed E-state index contributed by atoms with van der Waals surface area (Å²) in [4.78, 5) is 2.71. The van der Waals surface area contributed by atoms with Crippen molar-refractivity contribution in [2.24, 2.45) is 11.8 Å². The van der Waals surface area contributed by atoms with Crippen LogP contribution in [-0.2, 0) is 0 Å². The number of hydrogen-bond acceptors (Lipinski definition) is 2. The molecule has 1 N–H and O–H groups in total. The quantitative estimate of drug-likeness (QED) is 0.658. The van der Waals surface area contributed by atoms with E-state index in [-0.39, 0.29) is 0 Å². The summed E-state index contributed by atoms with van der Waals surface area (Å²) in [5.41, 5.74) is 0. The molecule has 0 aromatic heterocycles. The van der Waals surface area contributed by atoms with Gasteiger partial charge < -0.3 is 5.32 Å². The summed E-state index contributed by atoms with van der Waals surface area (Å²) in [5.74, 6) is 1.87. The first-order valence-electron chi connectivity index (χ1n) is 5.66. The van der Waals surface area contributed by atoms with E-state index in [0.717, 1.165) is 23.9 Å². The number of piperazine rings is 1. The summed E-state index contributed by atoms with van der Waals surface area (Å²) >= 11 is 0. The third-order valence-electron chi connectivity index (χ3n) is 4.10. The molecule has 1 aliphatic carbocycles. The molecule has 2 rings (SSSR count). The molecule has 1 saturated heterocycles. The zero-order valence-corrected chi connectivity index (χ0v) is 9.09. The molecule has 0 bridgehead atoms. The molecule has 0 spiro atoms. The third kappa shape index (κ3) is 1.62. The fraction of sp³-hybridized carbons (Fsp3) is 1.00. The second-order valence-electron chi connectivity index (χ2n) is 4.93. The Morgan fingerprint density at radius 1 is 1.23 bits per heavy atom. The van der Waals surface area contributed by atoms with Crippen molar-refractivity contribution in [3.8, 4) is 0 Å². The Hall–Kier alpha value is -0.0800. The minimum atomic E-state index is 0.744. The van der Waals surface area contributed by atoms with E-state index in [2.05, 4.69) is 31.0 Å². The summed E-state index contributed by atoms with van der Waals surface area (Å²) in [6.07, 6.45) is 1.42. The van der Waals surface area contributed by atoms with Gasteiger partial charge in [-0.3, -0.25) is 4.90 Å². The van der Waals surface area contributed by atoms with E-state index in [4.69, 9.17) is 0 Å². The molecule has 2 aliphatic rings. The molecule has 13 heavy (non-hydrogen) atoms. The summed E-state index contributed by atoms with van der Waals surface area (Å²) in [6, 6.07) is 1.63. The Balaban J connectivity index is 1.92. The Morgan fingerprint density at radius 3 is 2.54 bits per heavy atom. The molecule has 1 heterocycles. The average molecular weight is 182 g/mol. The fourth-order valence-electron chi connectivity index (χ4n) is 2.78. The lowest BCUT2D eigenvalue weighted by Gasteiger charge is -2.51. The monoisotopic (exact) mass is 182 g/mol. The number of rotatable bonds is 1. The van der Waals surface area contributed by atoms with Crippen molar-refractivity contribution in [3.05, 3.63) is 0 Å². The highest BCUT2D eigenvalue weighted by Gasteiger charge is 2.40. The van der Waals surface area contributed by atoms with Gasteiger partial charge in [0.25, 0.3) is 0 Å². The van der Waals surface area contributed by atoms with Crippen LogP contribution in [0.25, 0.3) is 0 Å². The topological polar surface area (TPSA) is 15.3 Å². The molecule has 76 valence electrons. The summed E-state index contributed by atoms with van der Waals surface area (Å²) in [5, 5.41) is 3.45. The van der Waals surface area contributed by atoms with Crippen LogP contribution in [-0.4, -0.2) is 36.6 Å². The Kier molecular flexibility index (Phi) is 2.61. The maximum absolute atomic E-state index is 3.45. The summed E-state index contributed by atoms with van der Waals surface area (Å²) in [6.45, 7) is 10.8. The van der Waals surface area contributed by atoms with Gasteiger partial charge in [-0.05, 0) is 25.2 Å². The molecule has 0 amide bonds. The van der Waals surface area contributed by atoms with Crippen LogP contribution in [0.2, 0.25) is 0 Å². The van der Waals surface area contributed by atoms with Gasteiger partial charge in [-0.1, -0.05) is 13.8 Å². The van der Waals surface area contributed by atoms with Gasteiger partial charge in [0.15, 0.2) is 0 Å². The molecule has 0 aromatic rings. The zero-order valence-electron chi connectivity index (χ0n) is 9.09. The number of nitrogens with one attached hydrogen (secondary N) is 1. The molecule has 4 unspecified atom stereocenters. The lowest BCUT2D eigenvalue weighted by Crippen LogP contribution is -2.60. The van der Waals surface area contributed by atoms with Crippen molar-refractivity contribution in [1.29, 1.82) is 0 Å². The SMILES string of the molecule is CC1CC(N2CCNCC2C)C1C. The van der Waals surface area contributed by atoms with E-state index >= 15 is 0 Å². The standard InChI is InChI=1S/C11H22N2/c1-8-6-11(10(8)3)13-5-4-12-7-9(13)2/h8-12H,4-7H2,1-3H3. The highest BCUT2D eigenvalue weighted by molar-refractivity contribution is 4.94. The molecule has 2 heteroatoms. The van der Waals surface area contributed by atoms with Gasteiger partial charge in [0.1, 0.15) is 0 Å². The first-order valence-corrected chi connectivity index (χ1v) is 5.66. The zero-order chi connectivity index (χ0) is 9.42. The molecule has 1 aliphatic heterocycles. The van der Waals surface area contributed by atoms with E-state index in [1.165, 1.54) is 26.1 Å². The molecule has 0 radical (unpaired) electrons. The van der Waals surface area contributed by atoms with Gasteiger partial charge in [0, 0.05) is 31.7 Å². The molecule has 1 saturated carbocycles. The van der Waals surface area contributed by atoms with Crippen LogP contribution >= 0.6 is 0 Å². The highest BCUT2D eigenvalue weighted by atomic mass is 15.2. The van der Waals surface area contributed by atoms with Crippen LogP contribution in [0.3, 0.4) is 0 Å². The fourth-order valence-corrected chi connectivity index (χ4v) is 2.78. The Labute approximate surface area is 81.7 Å². The van der Waals surface area contributed by atoms with Crippen LogP contribution in [0.1, 0.15) is 27.2 Å². The largest absolute Gasteiger partial charge is 0.314 e. The van der Waals surface area contributed by atoms with E-state index in [9.17, 15) is 0 Å². The molecule has 2 nitrogen and oxygen atoms in total. The first-order chi connectivity index (χ1) is 6.20. The highest BCUT2D eigenvalue weighted by Crippen LogP contribution is 2.38. The lowest BCUT2D eigenvalue weighted by molar-refractivity contribution is -0.0102. The van der Waals surface area contributed by atoms with E-state index in [1.807, 2.05) is 0 Å². The molecule has 2 fully saturated rings. The predicted octanol–water partition coefficient (Wildman–Crippen LogP) is 1.32. The van der Waals surface area contributed by atoms with E-state index in [0.29, 0.717) is 0 Å². The van der Waals surface area contributed by atoms with Crippen LogP contribution in [0.15, 0.2) is 0 Å². The minimum absolute atomic E-state index is 0.744. The van der Waals surface area contributed by atoms with Gasteiger partial charge >= 0.3 is 0 Å². The number of nitrogens with zero attached hydrogens (tertiary/aromatic N) is 1. The van der Waals surface area contributed by atoms with E-state index < -0.39 is 0 Å². The second kappa shape index (κ2) is 3.58. The lowest BCUT2D eigenvalue weighted by atomic mass is 9.70. The summed E-state index contributed by atoms with van der Waals surface area (Å²) in [7, 11) is 0. The van der Waals surface area contributed by atoms with Crippen molar-refractivity contribution < 1.29 is 0 Å². The van der Waals surface area contributed by atoms with Crippen molar-refractivity contribution in [3.63, 3.8) is 0 Å². The molecule has 4 atom stereocenters. The first kappa shape index (κ1) is 9.47. The van der Waals surface area contributed by atoms with Crippen LogP contribution < -0.4 is 5.32 Å². The van der Waals surface area contributed by atoms with Crippen molar-refractivity contribution in [2.75, 3.05) is 19.6 Å². The van der Waals surface area contributed by atoms with Crippen LogP contribution in [0, 0.1) is 11.8 Å². The molecular weight excluding hydrogens is 160 g/mol. The van der Waals surface area contributed by atoms with Gasteiger partial charge in [0.05, 0.1) is 0 Å². The maximum atomic E-state index is 3.45. The van der Waals surface area contributed by atoms with Gasteiger partial charge in [-0.15, -0.1) is 0 Å². The normalized spacial score (nSPS) is 47.3. The number of hydrogen-bond donors (Lipinski definition) is 1. The minimum Gasteiger partial charge on any atom is -0.314 e. The average Bonchev–Trinajstić information content (AvgIpc) is 2.15. The van der Waals surface area contributed by atoms with Crippen molar-refractivity contribution >= 4 is 0 Å². The van der Waals surface area contributed by atoms with E-state index in [1.54, 1.807) is 0 Å². The molecule has 0 aromatic carbocycles. The third-order valence-corrected chi connectivity index (χ3v) is 4.10. The maximum Gasteiger partial charge on any atom is 0.0195 e. The van der Waals surface area contributed by atoms with Crippen LogP contribution in [0.5, 0.6) is 0 Å². The predicted molar refractivity (Wildman–Crippen MR) is 55.8 cm³/mol. The van der Waals surface area contributed by atoms with Gasteiger partial charge in [0.2, 0.25) is 0 Å². The smallest absolute Gasteiger partial charge is 0.0195 e. The van der Waals surface area contributed by atoms with Gasteiger partial charge in [-0.2, -0.15) is 0 Å². The van der Waals surface area contributed by atoms with Crippen molar-refractivity contribution in [1.82, 2.24) is 10.2 Å². The van der Waals surface area contributed by atoms with Crippen LogP contribution in [0.4, 0.5) is 0 Å². The van der Waals surface area contributed by atoms with Crippen molar-refractivity contribution in [2.45, 2.75) is 39.3 Å². The summed E-state index contributed by atoms with van der Waals surface area (Å²) < 4.78 is 0.